The first kappa shape index (κ1) is 21.6. The maximum atomic E-state index is 12.6. The highest BCUT2D eigenvalue weighted by atomic mass is 32.2. The number of benzene rings is 2. The minimum absolute atomic E-state index is 0.0165. The van der Waals surface area contributed by atoms with Crippen molar-refractivity contribution in [1.82, 2.24) is 4.72 Å². The lowest BCUT2D eigenvalue weighted by molar-refractivity contribution is -0.138. The first-order valence-electron chi connectivity index (χ1n) is 8.91. The monoisotopic (exact) mass is 441 g/mol. The lowest BCUT2D eigenvalue weighted by Crippen LogP contribution is -2.40. The third-order valence-corrected chi connectivity index (χ3v) is 6.50. The Balaban J connectivity index is 1.73. The molecule has 0 radical (unpaired) electrons. The number of carboxylic acids is 1. The summed E-state index contributed by atoms with van der Waals surface area (Å²) < 4.78 is 32.6. The summed E-state index contributed by atoms with van der Waals surface area (Å²) in [6.45, 7) is 0. The summed E-state index contributed by atoms with van der Waals surface area (Å²) in [7, 11) is -2.43. The molecule has 0 aliphatic rings. The SMILES string of the molecule is COc1ccc(-c2ccc(S(=O)(=O)NC(CC#Cc3cccs3)C(=O)O)cc2)cc1. The third kappa shape index (κ3) is 5.48. The predicted molar refractivity (Wildman–Crippen MR) is 116 cm³/mol. The molecule has 0 bridgehead atoms. The first-order valence-corrected chi connectivity index (χ1v) is 11.3. The van der Waals surface area contributed by atoms with E-state index in [4.69, 9.17) is 4.74 Å². The zero-order valence-electron chi connectivity index (χ0n) is 16.0. The van der Waals surface area contributed by atoms with Gasteiger partial charge in [-0.3, -0.25) is 4.79 Å². The number of hydrogen-bond acceptors (Lipinski definition) is 5. The summed E-state index contributed by atoms with van der Waals surface area (Å²) in [5, 5.41) is 11.2. The molecule has 1 atom stereocenters. The van der Waals surface area contributed by atoms with Crippen LogP contribution in [0.2, 0.25) is 0 Å². The molecule has 0 spiro atoms. The second-order valence-electron chi connectivity index (χ2n) is 6.25. The van der Waals surface area contributed by atoms with Gasteiger partial charge in [0.05, 0.1) is 16.9 Å². The summed E-state index contributed by atoms with van der Waals surface area (Å²) in [4.78, 5) is 12.3. The molecular formula is C22H19NO5S2. The minimum atomic E-state index is -4.01. The molecule has 3 rings (SSSR count). The molecule has 154 valence electrons. The van der Waals surface area contributed by atoms with Gasteiger partial charge in [0.1, 0.15) is 11.8 Å². The van der Waals surface area contributed by atoms with Crippen molar-refractivity contribution in [3.8, 4) is 28.7 Å². The van der Waals surface area contributed by atoms with Crippen molar-refractivity contribution in [2.75, 3.05) is 7.11 Å². The average Bonchev–Trinajstić information content (AvgIpc) is 3.26. The van der Waals surface area contributed by atoms with Crippen molar-refractivity contribution in [1.29, 1.82) is 0 Å². The van der Waals surface area contributed by atoms with Crippen LogP contribution in [-0.2, 0) is 14.8 Å². The molecule has 0 saturated heterocycles. The topological polar surface area (TPSA) is 92.7 Å². The Morgan fingerprint density at radius 3 is 2.27 bits per heavy atom. The fourth-order valence-corrected chi connectivity index (χ4v) is 4.42. The van der Waals surface area contributed by atoms with Crippen LogP contribution in [0.4, 0.5) is 0 Å². The molecule has 0 aliphatic carbocycles. The standard InChI is InChI=1S/C22H19NO5S2/c1-28-18-11-7-16(8-12-18)17-9-13-20(14-10-17)30(26,27)23-21(22(24)25)6-2-4-19-5-3-15-29-19/h3,5,7-15,21,23H,6H2,1H3,(H,24,25). The van der Waals surface area contributed by atoms with E-state index in [0.717, 1.165) is 21.8 Å². The Morgan fingerprint density at radius 1 is 1.10 bits per heavy atom. The van der Waals surface area contributed by atoms with Crippen LogP contribution >= 0.6 is 11.3 Å². The van der Waals surface area contributed by atoms with Gasteiger partial charge in [-0.2, -0.15) is 4.72 Å². The molecule has 30 heavy (non-hydrogen) atoms. The molecule has 6 nitrogen and oxygen atoms in total. The highest BCUT2D eigenvalue weighted by molar-refractivity contribution is 7.89. The number of hydrogen-bond donors (Lipinski definition) is 2. The Morgan fingerprint density at radius 2 is 1.73 bits per heavy atom. The lowest BCUT2D eigenvalue weighted by atomic mass is 10.1. The van der Waals surface area contributed by atoms with E-state index < -0.39 is 22.0 Å². The fourth-order valence-electron chi connectivity index (χ4n) is 2.63. The maximum Gasteiger partial charge on any atom is 0.322 e. The van der Waals surface area contributed by atoms with Gasteiger partial charge < -0.3 is 9.84 Å². The molecule has 0 amide bonds. The number of carboxylic acid groups (broad SMARTS) is 1. The molecule has 2 aromatic carbocycles. The van der Waals surface area contributed by atoms with Crippen molar-refractivity contribution < 1.29 is 23.1 Å². The Kier molecular flexibility index (Phi) is 6.90. The largest absolute Gasteiger partial charge is 0.497 e. The number of ether oxygens (including phenoxy) is 1. The Bertz CT molecular complexity index is 1160. The van der Waals surface area contributed by atoms with Crippen molar-refractivity contribution in [2.24, 2.45) is 0 Å². The minimum Gasteiger partial charge on any atom is -0.497 e. The molecule has 1 aromatic heterocycles. The normalized spacial score (nSPS) is 11.9. The number of nitrogens with one attached hydrogen (secondary N) is 1. The number of carbonyl (C=O) groups is 1. The van der Waals surface area contributed by atoms with E-state index in [-0.39, 0.29) is 11.3 Å². The van der Waals surface area contributed by atoms with E-state index in [0.29, 0.717) is 0 Å². The van der Waals surface area contributed by atoms with Crippen LogP contribution in [0.15, 0.2) is 70.9 Å². The molecule has 0 aliphatic heterocycles. The van der Waals surface area contributed by atoms with Crippen molar-refractivity contribution in [2.45, 2.75) is 17.4 Å². The number of thiophene rings is 1. The number of sulfonamides is 1. The van der Waals surface area contributed by atoms with E-state index in [9.17, 15) is 18.3 Å². The van der Waals surface area contributed by atoms with Gasteiger partial charge in [0.2, 0.25) is 10.0 Å². The smallest absolute Gasteiger partial charge is 0.322 e. The van der Waals surface area contributed by atoms with Crippen molar-refractivity contribution in [3.63, 3.8) is 0 Å². The van der Waals surface area contributed by atoms with E-state index in [1.54, 1.807) is 19.2 Å². The predicted octanol–water partition coefficient (Wildman–Crippen LogP) is 3.60. The van der Waals surface area contributed by atoms with E-state index in [2.05, 4.69) is 16.6 Å². The molecule has 0 saturated carbocycles. The molecule has 8 heteroatoms. The highest BCUT2D eigenvalue weighted by Gasteiger charge is 2.24. The molecule has 1 unspecified atom stereocenters. The van der Waals surface area contributed by atoms with Gasteiger partial charge in [0.15, 0.2) is 0 Å². The number of aliphatic carboxylic acids is 1. The van der Waals surface area contributed by atoms with Gasteiger partial charge in [-0.15, -0.1) is 11.3 Å². The van der Waals surface area contributed by atoms with Gasteiger partial charge in [0, 0.05) is 6.42 Å². The molecule has 3 aromatic rings. The number of methoxy groups -OCH3 is 1. The zero-order chi connectivity index (χ0) is 21.6. The fraction of sp³-hybridized carbons (Fsp3) is 0.136. The molecule has 1 heterocycles. The third-order valence-electron chi connectivity index (χ3n) is 4.22. The van der Waals surface area contributed by atoms with Gasteiger partial charge in [-0.05, 0) is 46.8 Å². The number of rotatable bonds is 7. The van der Waals surface area contributed by atoms with Crippen LogP contribution in [0.25, 0.3) is 11.1 Å². The van der Waals surface area contributed by atoms with Crippen LogP contribution in [0.5, 0.6) is 5.75 Å². The van der Waals surface area contributed by atoms with Crippen LogP contribution < -0.4 is 9.46 Å². The zero-order valence-corrected chi connectivity index (χ0v) is 17.7. The lowest BCUT2D eigenvalue weighted by Gasteiger charge is -2.13. The summed E-state index contributed by atoms with van der Waals surface area (Å²) in [5.41, 5.74) is 1.73. The quantitative estimate of drug-likeness (QED) is 0.547. The van der Waals surface area contributed by atoms with E-state index in [1.807, 2.05) is 41.8 Å². The maximum absolute atomic E-state index is 12.6. The second-order valence-corrected chi connectivity index (χ2v) is 8.91. The van der Waals surface area contributed by atoms with Crippen LogP contribution in [0, 0.1) is 11.8 Å². The molecule has 2 N–H and O–H groups in total. The van der Waals surface area contributed by atoms with Crippen LogP contribution in [0.3, 0.4) is 0 Å². The Hall–Kier alpha value is -3.12. The van der Waals surface area contributed by atoms with Gasteiger partial charge in [-0.25, -0.2) is 8.42 Å². The van der Waals surface area contributed by atoms with Crippen molar-refractivity contribution >= 4 is 27.3 Å². The molecule has 0 fully saturated rings. The summed E-state index contributed by atoms with van der Waals surface area (Å²) in [6, 6.07) is 15.9. The summed E-state index contributed by atoms with van der Waals surface area (Å²) in [5.74, 6) is 5.00. The highest BCUT2D eigenvalue weighted by Crippen LogP contribution is 2.24. The summed E-state index contributed by atoms with van der Waals surface area (Å²) >= 11 is 1.43. The average molecular weight is 442 g/mol. The summed E-state index contributed by atoms with van der Waals surface area (Å²) in [6.07, 6.45) is -0.142. The Labute approximate surface area is 179 Å². The van der Waals surface area contributed by atoms with E-state index >= 15 is 0 Å². The van der Waals surface area contributed by atoms with Crippen molar-refractivity contribution in [3.05, 3.63) is 70.9 Å². The van der Waals surface area contributed by atoms with Crippen LogP contribution in [-0.4, -0.2) is 32.6 Å². The second kappa shape index (κ2) is 9.59. The van der Waals surface area contributed by atoms with Gasteiger partial charge in [0.25, 0.3) is 0 Å². The van der Waals surface area contributed by atoms with Gasteiger partial charge >= 0.3 is 5.97 Å². The van der Waals surface area contributed by atoms with E-state index in [1.165, 1.54) is 23.5 Å². The van der Waals surface area contributed by atoms with Gasteiger partial charge in [-0.1, -0.05) is 42.2 Å². The molecular weight excluding hydrogens is 422 g/mol. The first-order chi connectivity index (χ1) is 14.4. The van der Waals surface area contributed by atoms with Crippen LogP contribution in [0.1, 0.15) is 11.3 Å².